The number of nitrogens with one attached hydrogen (secondary N) is 1. The summed E-state index contributed by atoms with van der Waals surface area (Å²) in [5.74, 6) is -0.222. The Kier molecular flexibility index (Phi) is 7.44. The summed E-state index contributed by atoms with van der Waals surface area (Å²) in [4.78, 5) is 21.6. The lowest BCUT2D eigenvalue weighted by atomic mass is 9.90. The fourth-order valence-electron chi connectivity index (χ4n) is 1.29. The number of rotatable bonds is 8. The molecule has 0 aromatic carbocycles. The van der Waals surface area contributed by atoms with Crippen LogP contribution in [0.25, 0.3) is 0 Å². The van der Waals surface area contributed by atoms with E-state index in [-0.39, 0.29) is 11.3 Å². The summed E-state index contributed by atoms with van der Waals surface area (Å²) in [6.07, 6.45) is 1.64. The van der Waals surface area contributed by atoms with Crippen LogP contribution in [0, 0.1) is 16.7 Å². The molecule has 0 aliphatic carbocycles. The molecule has 0 aliphatic rings. The summed E-state index contributed by atoms with van der Waals surface area (Å²) < 4.78 is 0. The monoisotopic (exact) mass is 272 g/mol. The predicted octanol–water partition coefficient (Wildman–Crippen LogP) is 1.64. The first-order chi connectivity index (χ1) is 8.28. The van der Waals surface area contributed by atoms with Crippen molar-refractivity contribution in [1.82, 2.24) is 5.32 Å². The lowest BCUT2D eigenvalue weighted by Gasteiger charge is -2.15. The highest BCUT2D eigenvalue weighted by Gasteiger charge is 2.19. The van der Waals surface area contributed by atoms with Crippen molar-refractivity contribution in [2.24, 2.45) is 5.41 Å². The number of carbonyl (C=O) groups excluding carboxylic acids is 1. The summed E-state index contributed by atoms with van der Waals surface area (Å²) >= 11 is 1.48. The SMILES string of the molecule is CC(=O)N[C@@H](CSCCCC(C)(C)C#N)C(=O)O. The van der Waals surface area contributed by atoms with Crippen LogP contribution in [0.5, 0.6) is 0 Å². The fourth-order valence-corrected chi connectivity index (χ4v) is 2.27. The Morgan fingerprint density at radius 2 is 2.11 bits per heavy atom. The van der Waals surface area contributed by atoms with Crippen molar-refractivity contribution >= 4 is 23.6 Å². The first kappa shape index (κ1) is 16.8. The van der Waals surface area contributed by atoms with Crippen LogP contribution in [-0.4, -0.2) is 34.5 Å². The van der Waals surface area contributed by atoms with Gasteiger partial charge in [-0.2, -0.15) is 17.0 Å². The standard InChI is InChI=1S/C12H20N2O3S/c1-9(15)14-10(11(16)17)7-18-6-4-5-12(2,3)8-13/h10H,4-7H2,1-3H3,(H,14,15)(H,16,17)/t10-/m0/s1. The second-order valence-electron chi connectivity index (χ2n) is 4.77. The summed E-state index contributed by atoms with van der Waals surface area (Å²) in [6, 6.07) is 1.39. The highest BCUT2D eigenvalue weighted by atomic mass is 32.2. The number of carboxylic acids is 1. The Morgan fingerprint density at radius 1 is 1.50 bits per heavy atom. The fraction of sp³-hybridized carbons (Fsp3) is 0.750. The number of thioether (sulfide) groups is 1. The Morgan fingerprint density at radius 3 is 2.56 bits per heavy atom. The maximum Gasteiger partial charge on any atom is 0.327 e. The van der Waals surface area contributed by atoms with Crippen LogP contribution in [0.1, 0.15) is 33.6 Å². The van der Waals surface area contributed by atoms with Gasteiger partial charge < -0.3 is 10.4 Å². The molecular formula is C12H20N2O3S. The summed E-state index contributed by atoms with van der Waals surface area (Å²) in [5.41, 5.74) is -0.329. The molecule has 0 radical (unpaired) electrons. The van der Waals surface area contributed by atoms with Crippen LogP contribution < -0.4 is 5.32 Å². The Balaban J connectivity index is 3.85. The first-order valence-corrected chi connectivity index (χ1v) is 6.93. The lowest BCUT2D eigenvalue weighted by molar-refractivity contribution is -0.140. The molecule has 0 saturated heterocycles. The van der Waals surface area contributed by atoms with Crippen molar-refractivity contribution < 1.29 is 14.7 Å². The van der Waals surface area contributed by atoms with Crippen molar-refractivity contribution in [2.45, 2.75) is 39.7 Å². The number of hydrogen-bond acceptors (Lipinski definition) is 4. The van der Waals surface area contributed by atoms with Crippen molar-refractivity contribution in [3.8, 4) is 6.07 Å². The Hall–Kier alpha value is -1.22. The lowest BCUT2D eigenvalue weighted by Crippen LogP contribution is -2.41. The van der Waals surface area contributed by atoms with E-state index in [1.807, 2.05) is 13.8 Å². The third-order valence-corrected chi connectivity index (χ3v) is 3.50. The minimum absolute atomic E-state index is 0.329. The molecule has 0 aromatic rings. The number of nitriles is 1. The molecule has 0 unspecified atom stereocenters. The van der Waals surface area contributed by atoms with E-state index in [9.17, 15) is 9.59 Å². The van der Waals surface area contributed by atoms with Crippen LogP contribution in [0.2, 0.25) is 0 Å². The summed E-state index contributed by atoms with van der Waals surface area (Å²) in [5, 5.41) is 20.1. The number of carboxylic acid groups (broad SMARTS) is 1. The van der Waals surface area contributed by atoms with Crippen molar-refractivity contribution in [3.05, 3.63) is 0 Å². The number of amides is 1. The van der Waals surface area contributed by atoms with E-state index in [0.717, 1.165) is 18.6 Å². The van der Waals surface area contributed by atoms with E-state index in [2.05, 4.69) is 11.4 Å². The zero-order valence-electron chi connectivity index (χ0n) is 11.0. The molecule has 0 saturated carbocycles. The van der Waals surface area contributed by atoms with Gasteiger partial charge in [-0.05, 0) is 32.4 Å². The average Bonchev–Trinajstić information content (AvgIpc) is 2.26. The van der Waals surface area contributed by atoms with Gasteiger partial charge >= 0.3 is 5.97 Å². The largest absolute Gasteiger partial charge is 0.480 e. The number of carbonyl (C=O) groups is 2. The van der Waals surface area contributed by atoms with Gasteiger partial charge in [0.25, 0.3) is 0 Å². The first-order valence-electron chi connectivity index (χ1n) is 5.77. The highest BCUT2D eigenvalue weighted by Crippen LogP contribution is 2.22. The van der Waals surface area contributed by atoms with Crippen molar-refractivity contribution in [1.29, 1.82) is 5.26 Å². The quantitative estimate of drug-likeness (QED) is 0.655. The average molecular weight is 272 g/mol. The van der Waals surface area contributed by atoms with Crippen LogP contribution in [0.3, 0.4) is 0 Å². The van der Waals surface area contributed by atoms with Gasteiger partial charge in [0.15, 0.2) is 0 Å². The van der Waals surface area contributed by atoms with E-state index in [1.54, 1.807) is 0 Å². The molecule has 0 rings (SSSR count). The van der Waals surface area contributed by atoms with E-state index in [0.29, 0.717) is 5.75 Å². The molecular weight excluding hydrogens is 252 g/mol. The zero-order valence-corrected chi connectivity index (χ0v) is 11.8. The van der Waals surface area contributed by atoms with Gasteiger partial charge in [-0.25, -0.2) is 4.79 Å². The van der Waals surface area contributed by atoms with Gasteiger partial charge in [-0.3, -0.25) is 4.79 Å². The predicted molar refractivity (Wildman–Crippen MR) is 71.2 cm³/mol. The maximum absolute atomic E-state index is 10.8. The summed E-state index contributed by atoms with van der Waals surface area (Å²) in [7, 11) is 0. The maximum atomic E-state index is 10.8. The topological polar surface area (TPSA) is 90.2 Å². The number of aliphatic carboxylic acids is 1. The molecule has 0 aromatic heterocycles. The van der Waals surface area contributed by atoms with Gasteiger partial charge in [-0.15, -0.1) is 0 Å². The Labute approximate surface area is 112 Å². The van der Waals surface area contributed by atoms with Gasteiger partial charge in [0.1, 0.15) is 6.04 Å². The minimum Gasteiger partial charge on any atom is -0.480 e. The van der Waals surface area contributed by atoms with Gasteiger partial charge in [0.2, 0.25) is 5.91 Å². The normalized spacial score (nSPS) is 12.6. The van der Waals surface area contributed by atoms with Crippen molar-refractivity contribution in [2.75, 3.05) is 11.5 Å². The molecule has 5 nitrogen and oxygen atoms in total. The van der Waals surface area contributed by atoms with Gasteiger partial charge in [0, 0.05) is 12.7 Å². The van der Waals surface area contributed by atoms with Crippen LogP contribution in [0.15, 0.2) is 0 Å². The molecule has 6 heteroatoms. The third-order valence-electron chi connectivity index (χ3n) is 2.35. The molecule has 102 valence electrons. The van der Waals surface area contributed by atoms with Crippen LogP contribution in [0.4, 0.5) is 0 Å². The molecule has 1 amide bonds. The van der Waals surface area contributed by atoms with E-state index in [4.69, 9.17) is 10.4 Å². The van der Waals surface area contributed by atoms with E-state index < -0.39 is 12.0 Å². The third kappa shape index (κ3) is 7.96. The molecule has 0 spiro atoms. The molecule has 2 N–H and O–H groups in total. The van der Waals surface area contributed by atoms with E-state index >= 15 is 0 Å². The molecule has 0 aliphatic heterocycles. The molecule has 0 heterocycles. The van der Waals surface area contributed by atoms with Crippen LogP contribution >= 0.6 is 11.8 Å². The Bertz CT molecular complexity index is 337. The smallest absolute Gasteiger partial charge is 0.327 e. The second-order valence-corrected chi connectivity index (χ2v) is 5.92. The molecule has 18 heavy (non-hydrogen) atoms. The van der Waals surface area contributed by atoms with Gasteiger partial charge in [-0.1, -0.05) is 0 Å². The van der Waals surface area contributed by atoms with Gasteiger partial charge in [0.05, 0.1) is 11.5 Å². The summed E-state index contributed by atoms with van der Waals surface area (Å²) in [6.45, 7) is 5.07. The van der Waals surface area contributed by atoms with Crippen molar-refractivity contribution in [3.63, 3.8) is 0 Å². The zero-order chi connectivity index (χ0) is 14.2. The molecule has 0 bridgehead atoms. The second kappa shape index (κ2) is 7.98. The molecule has 1 atom stereocenters. The minimum atomic E-state index is -1.02. The van der Waals surface area contributed by atoms with E-state index in [1.165, 1.54) is 18.7 Å². The highest BCUT2D eigenvalue weighted by molar-refractivity contribution is 7.99. The molecule has 0 fully saturated rings. The number of nitrogens with zero attached hydrogens (tertiary/aromatic N) is 1. The van der Waals surface area contributed by atoms with Crippen LogP contribution in [-0.2, 0) is 9.59 Å². The number of hydrogen-bond donors (Lipinski definition) is 2.